The molecule has 1 aromatic carbocycles. The Morgan fingerprint density at radius 3 is 2.34 bits per heavy atom. The van der Waals surface area contributed by atoms with E-state index in [1.54, 1.807) is 7.11 Å². The van der Waals surface area contributed by atoms with Crippen LogP contribution in [0, 0.1) is 12.8 Å². The van der Waals surface area contributed by atoms with Crippen LogP contribution in [0.5, 0.6) is 5.75 Å². The molecule has 5 rings (SSSR count). The van der Waals surface area contributed by atoms with Crippen molar-refractivity contribution >= 4 is 17.3 Å². The number of fused-ring (bicyclic) bond motifs is 1. The first-order chi connectivity index (χ1) is 15.6. The second-order valence-electron chi connectivity index (χ2n) is 9.13. The first-order valence-electron chi connectivity index (χ1n) is 11.7. The lowest BCUT2D eigenvalue weighted by molar-refractivity contribution is 0.244. The highest BCUT2D eigenvalue weighted by Gasteiger charge is 2.22. The average molecular weight is 436 g/mol. The number of rotatable bonds is 5. The van der Waals surface area contributed by atoms with Gasteiger partial charge in [0.25, 0.3) is 5.78 Å². The second-order valence-corrected chi connectivity index (χ2v) is 9.13. The van der Waals surface area contributed by atoms with Crippen LogP contribution in [-0.2, 0) is 6.54 Å². The monoisotopic (exact) mass is 435 g/mol. The van der Waals surface area contributed by atoms with Gasteiger partial charge in [-0.05, 0) is 49.9 Å². The molecule has 2 fully saturated rings. The fraction of sp³-hybridized carbons (Fsp3) is 0.542. The number of piperazine rings is 1. The summed E-state index contributed by atoms with van der Waals surface area (Å²) in [7, 11) is 1.70. The van der Waals surface area contributed by atoms with Gasteiger partial charge in [-0.15, -0.1) is 5.10 Å². The highest BCUT2D eigenvalue weighted by Crippen LogP contribution is 2.24. The Morgan fingerprint density at radius 2 is 1.66 bits per heavy atom. The van der Waals surface area contributed by atoms with Gasteiger partial charge in [-0.3, -0.25) is 4.90 Å². The molecular formula is C24H33N7O. The summed E-state index contributed by atoms with van der Waals surface area (Å²) in [5.41, 5.74) is 2.25. The molecule has 0 spiro atoms. The zero-order valence-electron chi connectivity index (χ0n) is 19.4. The van der Waals surface area contributed by atoms with Gasteiger partial charge in [0.1, 0.15) is 11.6 Å². The first-order valence-corrected chi connectivity index (χ1v) is 11.7. The van der Waals surface area contributed by atoms with Gasteiger partial charge < -0.3 is 14.5 Å². The molecule has 170 valence electrons. The van der Waals surface area contributed by atoms with Crippen LogP contribution in [0.15, 0.2) is 30.3 Å². The van der Waals surface area contributed by atoms with Gasteiger partial charge in [-0.25, -0.2) is 4.98 Å². The summed E-state index contributed by atoms with van der Waals surface area (Å²) in [6, 6.07) is 10.5. The van der Waals surface area contributed by atoms with Crippen LogP contribution in [0.4, 0.5) is 11.5 Å². The number of ether oxygens (including phenoxy) is 1. The predicted molar refractivity (Wildman–Crippen MR) is 127 cm³/mol. The summed E-state index contributed by atoms with van der Waals surface area (Å²) in [6.45, 7) is 11.3. The minimum Gasteiger partial charge on any atom is -0.497 e. The van der Waals surface area contributed by atoms with Crippen LogP contribution in [0.25, 0.3) is 5.78 Å². The lowest BCUT2D eigenvalue weighted by Gasteiger charge is -2.35. The van der Waals surface area contributed by atoms with E-state index < -0.39 is 0 Å². The van der Waals surface area contributed by atoms with E-state index in [1.165, 1.54) is 18.5 Å². The predicted octanol–water partition coefficient (Wildman–Crippen LogP) is 3.00. The highest BCUT2D eigenvalue weighted by molar-refractivity contribution is 5.50. The van der Waals surface area contributed by atoms with Crippen LogP contribution in [0.3, 0.4) is 0 Å². The maximum atomic E-state index is 5.27. The highest BCUT2D eigenvalue weighted by atomic mass is 16.5. The molecule has 4 heterocycles. The molecule has 2 aliphatic rings. The van der Waals surface area contributed by atoms with Crippen molar-refractivity contribution in [3.8, 4) is 5.75 Å². The molecule has 0 aliphatic carbocycles. The molecule has 8 nitrogen and oxygen atoms in total. The van der Waals surface area contributed by atoms with Crippen molar-refractivity contribution in [3.05, 3.63) is 41.9 Å². The summed E-state index contributed by atoms with van der Waals surface area (Å²) in [5, 5.41) is 4.87. The zero-order chi connectivity index (χ0) is 22.1. The molecule has 0 atom stereocenters. The molecule has 0 saturated carbocycles. The molecule has 0 N–H and O–H groups in total. The van der Waals surface area contributed by atoms with Crippen molar-refractivity contribution < 1.29 is 4.74 Å². The average Bonchev–Trinajstić information content (AvgIpc) is 3.22. The topological polar surface area (TPSA) is 62.0 Å². The van der Waals surface area contributed by atoms with E-state index in [-0.39, 0.29) is 0 Å². The van der Waals surface area contributed by atoms with E-state index in [4.69, 9.17) is 14.8 Å². The first kappa shape index (κ1) is 21.0. The van der Waals surface area contributed by atoms with Gasteiger partial charge in [-0.1, -0.05) is 6.92 Å². The number of nitrogens with zero attached hydrogens (tertiary/aromatic N) is 7. The molecule has 2 aromatic heterocycles. The molecular weight excluding hydrogens is 402 g/mol. The van der Waals surface area contributed by atoms with Gasteiger partial charge in [-0.2, -0.15) is 9.50 Å². The number of aromatic nitrogens is 4. The maximum Gasteiger partial charge on any atom is 0.254 e. The number of benzene rings is 1. The summed E-state index contributed by atoms with van der Waals surface area (Å²) < 4.78 is 7.22. The largest absolute Gasteiger partial charge is 0.497 e. The minimum absolute atomic E-state index is 0.713. The number of piperidine rings is 1. The van der Waals surface area contributed by atoms with Crippen LogP contribution < -0.4 is 14.5 Å². The van der Waals surface area contributed by atoms with Crippen molar-refractivity contribution in [3.63, 3.8) is 0 Å². The summed E-state index contributed by atoms with van der Waals surface area (Å²) in [4.78, 5) is 16.7. The number of hydrogen-bond acceptors (Lipinski definition) is 7. The molecule has 32 heavy (non-hydrogen) atoms. The smallest absolute Gasteiger partial charge is 0.254 e. The Hall–Kier alpha value is -2.87. The number of anilines is 2. The quantitative estimate of drug-likeness (QED) is 0.610. The second kappa shape index (κ2) is 8.94. The lowest BCUT2D eigenvalue weighted by Crippen LogP contribution is -2.46. The summed E-state index contributed by atoms with van der Waals surface area (Å²) in [5.74, 6) is 4.39. The van der Waals surface area contributed by atoms with Crippen LogP contribution >= 0.6 is 0 Å². The molecule has 2 aliphatic heterocycles. The Labute approximate surface area is 189 Å². The van der Waals surface area contributed by atoms with E-state index in [0.29, 0.717) is 5.78 Å². The molecule has 2 saturated heterocycles. The van der Waals surface area contributed by atoms with E-state index in [1.807, 2.05) is 23.6 Å². The van der Waals surface area contributed by atoms with Gasteiger partial charge in [0, 0.05) is 56.7 Å². The van der Waals surface area contributed by atoms with Gasteiger partial charge >= 0.3 is 0 Å². The van der Waals surface area contributed by atoms with Crippen molar-refractivity contribution in [1.29, 1.82) is 0 Å². The number of hydrogen-bond donors (Lipinski definition) is 0. The molecule has 8 heteroatoms. The van der Waals surface area contributed by atoms with Gasteiger partial charge in [0.2, 0.25) is 0 Å². The number of aryl methyl sites for hydroxylation is 1. The maximum absolute atomic E-state index is 5.27. The van der Waals surface area contributed by atoms with E-state index in [9.17, 15) is 0 Å². The summed E-state index contributed by atoms with van der Waals surface area (Å²) in [6.07, 6.45) is 2.45. The Bertz CT molecular complexity index is 1050. The fourth-order valence-electron chi connectivity index (χ4n) is 4.70. The Kier molecular flexibility index (Phi) is 5.87. The third kappa shape index (κ3) is 4.37. The number of methoxy groups -OCH3 is 1. The molecule has 0 bridgehead atoms. The van der Waals surface area contributed by atoms with E-state index in [2.05, 4.69) is 44.8 Å². The SMILES string of the molecule is COc1ccc(N2CCN(Cc3nc4nc(C)cc(N5CCC(C)CC5)n4n3)CC2)cc1. The van der Waals surface area contributed by atoms with Crippen LogP contribution in [-0.4, -0.2) is 70.9 Å². The molecule has 0 unspecified atom stereocenters. The van der Waals surface area contributed by atoms with Crippen molar-refractivity contribution in [1.82, 2.24) is 24.5 Å². The van der Waals surface area contributed by atoms with Crippen molar-refractivity contribution in [2.45, 2.75) is 33.2 Å². The van der Waals surface area contributed by atoms with E-state index in [0.717, 1.165) is 74.8 Å². The van der Waals surface area contributed by atoms with Gasteiger partial charge in [0.05, 0.1) is 13.7 Å². The summed E-state index contributed by atoms with van der Waals surface area (Å²) >= 11 is 0. The van der Waals surface area contributed by atoms with Crippen molar-refractivity contribution in [2.75, 3.05) is 56.2 Å². The fourth-order valence-corrected chi connectivity index (χ4v) is 4.70. The zero-order valence-corrected chi connectivity index (χ0v) is 19.4. The molecule has 3 aromatic rings. The third-order valence-electron chi connectivity index (χ3n) is 6.75. The minimum atomic E-state index is 0.713. The standard InChI is InChI=1S/C24H33N7O/c1-18-8-10-30(11-9-18)23-16-19(2)25-24-26-22(27-31(23)24)17-28-12-14-29(15-13-28)20-4-6-21(32-3)7-5-20/h4-7,16,18H,8-15,17H2,1-3H3. The Balaban J connectivity index is 1.26. The Morgan fingerprint density at radius 1 is 0.938 bits per heavy atom. The molecule has 0 radical (unpaired) electrons. The third-order valence-corrected chi connectivity index (χ3v) is 6.75. The normalized spacial score (nSPS) is 18.5. The van der Waals surface area contributed by atoms with E-state index >= 15 is 0 Å². The lowest BCUT2D eigenvalue weighted by atomic mass is 9.99. The van der Waals surface area contributed by atoms with Gasteiger partial charge in [0.15, 0.2) is 5.82 Å². The molecule has 0 amide bonds. The van der Waals surface area contributed by atoms with Crippen LogP contribution in [0.1, 0.15) is 31.3 Å². The van der Waals surface area contributed by atoms with Crippen LogP contribution in [0.2, 0.25) is 0 Å². The van der Waals surface area contributed by atoms with Crippen molar-refractivity contribution in [2.24, 2.45) is 5.92 Å².